The van der Waals surface area contributed by atoms with E-state index in [4.69, 9.17) is 5.73 Å². The van der Waals surface area contributed by atoms with Crippen LogP contribution in [0, 0.1) is 12.9 Å². The minimum Gasteiger partial charge on any atom is -0.321 e. The molecular formula is C9H11FN2. The lowest BCUT2D eigenvalue weighted by Gasteiger charge is -2.08. The molecule has 0 saturated carbocycles. The van der Waals surface area contributed by atoms with Crippen LogP contribution in [0.15, 0.2) is 24.9 Å². The summed E-state index contributed by atoms with van der Waals surface area (Å²) in [6, 6.07) is 1.09. The second-order valence-corrected chi connectivity index (χ2v) is 2.63. The predicted molar refractivity (Wildman–Crippen MR) is 46.1 cm³/mol. The Bertz CT molecular complexity index is 297. The van der Waals surface area contributed by atoms with Crippen LogP contribution in [0.1, 0.15) is 17.2 Å². The number of pyridine rings is 1. The van der Waals surface area contributed by atoms with Gasteiger partial charge in [0.25, 0.3) is 0 Å². The zero-order valence-electron chi connectivity index (χ0n) is 6.92. The zero-order chi connectivity index (χ0) is 9.14. The van der Waals surface area contributed by atoms with E-state index < -0.39 is 5.95 Å². The number of aryl methyl sites for hydroxylation is 1. The summed E-state index contributed by atoms with van der Waals surface area (Å²) >= 11 is 0. The molecule has 2 nitrogen and oxygen atoms in total. The van der Waals surface area contributed by atoms with Crippen molar-refractivity contribution in [2.24, 2.45) is 5.73 Å². The van der Waals surface area contributed by atoms with E-state index >= 15 is 0 Å². The molecule has 0 saturated heterocycles. The Kier molecular flexibility index (Phi) is 2.55. The third kappa shape index (κ3) is 1.68. The minimum atomic E-state index is -0.479. The van der Waals surface area contributed by atoms with Gasteiger partial charge in [0.2, 0.25) is 5.95 Å². The molecule has 0 aromatic carbocycles. The maximum atomic E-state index is 12.5. The Morgan fingerprint density at radius 3 is 2.92 bits per heavy atom. The molecule has 64 valence electrons. The van der Waals surface area contributed by atoms with Crippen molar-refractivity contribution < 1.29 is 4.39 Å². The van der Waals surface area contributed by atoms with Crippen molar-refractivity contribution in [3.05, 3.63) is 42.0 Å². The van der Waals surface area contributed by atoms with Crippen molar-refractivity contribution in [1.29, 1.82) is 0 Å². The molecule has 2 N–H and O–H groups in total. The molecular weight excluding hydrogens is 155 g/mol. The van der Waals surface area contributed by atoms with Crippen molar-refractivity contribution in [3.8, 4) is 0 Å². The quantitative estimate of drug-likeness (QED) is 0.536. The van der Waals surface area contributed by atoms with E-state index in [1.807, 2.05) is 0 Å². The molecule has 1 atom stereocenters. The van der Waals surface area contributed by atoms with Gasteiger partial charge in [-0.3, -0.25) is 0 Å². The highest BCUT2D eigenvalue weighted by Gasteiger charge is 2.05. The number of aromatic nitrogens is 1. The molecule has 0 radical (unpaired) electrons. The zero-order valence-corrected chi connectivity index (χ0v) is 6.92. The lowest BCUT2D eigenvalue weighted by Crippen LogP contribution is -2.09. The number of rotatable bonds is 2. The minimum absolute atomic E-state index is 0.266. The van der Waals surface area contributed by atoms with Crippen molar-refractivity contribution in [2.45, 2.75) is 13.0 Å². The molecule has 3 heteroatoms. The summed E-state index contributed by atoms with van der Waals surface area (Å²) in [5, 5.41) is 0. The largest absolute Gasteiger partial charge is 0.321 e. The van der Waals surface area contributed by atoms with Gasteiger partial charge in [0, 0.05) is 12.2 Å². The summed E-state index contributed by atoms with van der Waals surface area (Å²) < 4.78 is 12.5. The lowest BCUT2D eigenvalue weighted by molar-refractivity contribution is 0.580. The molecule has 0 aliphatic heterocycles. The molecule has 0 bridgehead atoms. The van der Waals surface area contributed by atoms with Crippen molar-refractivity contribution in [3.63, 3.8) is 0 Å². The fourth-order valence-electron chi connectivity index (χ4n) is 1.01. The van der Waals surface area contributed by atoms with Gasteiger partial charge in [0.1, 0.15) is 0 Å². The summed E-state index contributed by atoms with van der Waals surface area (Å²) in [6.07, 6.45) is 3.04. The Labute approximate surface area is 70.9 Å². The molecule has 1 aromatic rings. The maximum absolute atomic E-state index is 12.5. The predicted octanol–water partition coefficient (Wildman–Crippen LogP) is 1.71. The third-order valence-corrected chi connectivity index (χ3v) is 1.73. The maximum Gasteiger partial charge on any atom is 0.213 e. The summed E-state index contributed by atoms with van der Waals surface area (Å²) in [4.78, 5) is 3.51. The fraction of sp³-hybridized carbons (Fsp3) is 0.222. The van der Waals surface area contributed by atoms with E-state index in [1.165, 1.54) is 12.3 Å². The Morgan fingerprint density at radius 1 is 1.75 bits per heavy atom. The van der Waals surface area contributed by atoms with Crippen LogP contribution >= 0.6 is 0 Å². The molecule has 1 heterocycles. The van der Waals surface area contributed by atoms with Gasteiger partial charge < -0.3 is 5.73 Å². The van der Waals surface area contributed by atoms with Gasteiger partial charge in [0.15, 0.2) is 0 Å². The molecule has 12 heavy (non-hydrogen) atoms. The molecule has 1 aromatic heterocycles. The first-order valence-electron chi connectivity index (χ1n) is 3.65. The Morgan fingerprint density at radius 2 is 2.42 bits per heavy atom. The van der Waals surface area contributed by atoms with Gasteiger partial charge in [-0.05, 0) is 24.1 Å². The molecule has 0 amide bonds. The van der Waals surface area contributed by atoms with Crippen LogP contribution in [0.4, 0.5) is 4.39 Å². The van der Waals surface area contributed by atoms with E-state index in [9.17, 15) is 4.39 Å². The summed E-state index contributed by atoms with van der Waals surface area (Å²) in [5.41, 5.74) is 7.28. The lowest BCUT2D eigenvalue weighted by atomic mass is 10.1. The van der Waals surface area contributed by atoms with Crippen LogP contribution in [0.2, 0.25) is 0 Å². The van der Waals surface area contributed by atoms with Crippen molar-refractivity contribution in [2.75, 3.05) is 0 Å². The monoisotopic (exact) mass is 166 g/mol. The highest BCUT2D eigenvalue weighted by molar-refractivity contribution is 5.27. The second-order valence-electron chi connectivity index (χ2n) is 2.63. The molecule has 1 rings (SSSR count). The molecule has 0 aliphatic rings. The normalized spacial score (nSPS) is 12.6. The van der Waals surface area contributed by atoms with Crippen LogP contribution in [0.5, 0.6) is 0 Å². The first-order chi connectivity index (χ1) is 5.65. The van der Waals surface area contributed by atoms with Gasteiger partial charge in [0.05, 0.1) is 0 Å². The van der Waals surface area contributed by atoms with E-state index in [1.54, 1.807) is 13.0 Å². The smallest absolute Gasteiger partial charge is 0.213 e. The van der Waals surface area contributed by atoms with Gasteiger partial charge in [-0.2, -0.15) is 4.39 Å². The number of halogens is 1. The summed E-state index contributed by atoms with van der Waals surface area (Å²) in [6.45, 7) is 5.35. The van der Waals surface area contributed by atoms with Crippen molar-refractivity contribution in [1.82, 2.24) is 4.98 Å². The van der Waals surface area contributed by atoms with Gasteiger partial charge in [-0.25, -0.2) is 4.98 Å². The second kappa shape index (κ2) is 3.45. The van der Waals surface area contributed by atoms with Crippen LogP contribution in [0.25, 0.3) is 0 Å². The average Bonchev–Trinajstić information content (AvgIpc) is 2.03. The van der Waals surface area contributed by atoms with E-state index in [-0.39, 0.29) is 6.04 Å². The summed E-state index contributed by atoms with van der Waals surface area (Å²) in [7, 11) is 0. The van der Waals surface area contributed by atoms with Crippen LogP contribution < -0.4 is 5.73 Å². The van der Waals surface area contributed by atoms with E-state index in [0.29, 0.717) is 0 Å². The Hall–Kier alpha value is -1.22. The number of hydrogen-bond donors (Lipinski definition) is 1. The third-order valence-electron chi connectivity index (χ3n) is 1.73. The SMILES string of the molecule is C=C[C@@H](N)c1cnc(F)cc1C. The Balaban J connectivity index is 3.09. The van der Waals surface area contributed by atoms with E-state index in [2.05, 4.69) is 11.6 Å². The van der Waals surface area contributed by atoms with Gasteiger partial charge in [-0.1, -0.05) is 6.08 Å². The van der Waals surface area contributed by atoms with Crippen LogP contribution in [0.3, 0.4) is 0 Å². The van der Waals surface area contributed by atoms with Crippen LogP contribution in [-0.2, 0) is 0 Å². The highest BCUT2D eigenvalue weighted by atomic mass is 19.1. The van der Waals surface area contributed by atoms with Gasteiger partial charge in [-0.15, -0.1) is 6.58 Å². The molecule has 0 spiro atoms. The number of hydrogen-bond acceptors (Lipinski definition) is 2. The topological polar surface area (TPSA) is 38.9 Å². The fourth-order valence-corrected chi connectivity index (χ4v) is 1.01. The van der Waals surface area contributed by atoms with Gasteiger partial charge >= 0.3 is 0 Å². The first-order valence-corrected chi connectivity index (χ1v) is 3.65. The molecule has 0 unspecified atom stereocenters. The standard InChI is InChI=1S/C9H11FN2/c1-3-8(11)7-5-12-9(10)4-6(7)2/h3-5,8H,1,11H2,2H3/t8-/m1/s1. The first kappa shape index (κ1) is 8.87. The average molecular weight is 166 g/mol. The molecule has 0 aliphatic carbocycles. The number of nitrogens with two attached hydrogens (primary N) is 1. The van der Waals surface area contributed by atoms with E-state index in [0.717, 1.165) is 11.1 Å². The highest BCUT2D eigenvalue weighted by Crippen LogP contribution is 2.15. The van der Waals surface area contributed by atoms with Crippen molar-refractivity contribution >= 4 is 0 Å². The number of nitrogens with zero attached hydrogens (tertiary/aromatic N) is 1. The van der Waals surface area contributed by atoms with Crippen LogP contribution in [-0.4, -0.2) is 4.98 Å². The molecule has 0 fully saturated rings. The summed E-state index contributed by atoms with van der Waals surface area (Å²) in [5.74, 6) is -0.479.